The van der Waals surface area contributed by atoms with Crippen molar-refractivity contribution < 1.29 is 9.53 Å². The van der Waals surface area contributed by atoms with E-state index in [-0.39, 0.29) is 0 Å². The highest BCUT2D eigenvalue weighted by atomic mass is 79.9. The molecule has 1 N–H and O–H groups in total. The lowest BCUT2D eigenvalue weighted by atomic mass is 10.2. The first-order chi connectivity index (χ1) is 10.2. The molecule has 4 nitrogen and oxygen atoms in total. The van der Waals surface area contributed by atoms with E-state index in [0.29, 0.717) is 12.2 Å². The average Bonchev–Trinajstić information content (AvgIpc) is 2.48. The molecule has 110 valence electrons. The van der Waals surface area contributed by atoms with Crippen molar-refractivity contribution in [1.82, 2.24) is 5.32 Å². The van der Waals surface area contributed by atoms with Crippen molar-refractivity contribution in [1.29, 1.82) is 0 Å². The third kappa shape index (κ3) is 7.27. The molecule has 0 atom stereocenters. The number of halogens is 1. The SMILES string of the molecule is C=CN=C/C=C\C(=C\C(=O)OC)NCc1cccc(Br)c1. The Morgan fingerprint density at radius 3 is 3.00 bits per heavy atom. The lowest BCUT2D eigenvalue weighted by Gasteiger charge is -2.07. The summed E-state index contributed by atoms with van der Waals surface area (Å²) in [4.78, 5) is 15.2. The topological polar surface area (TPSA) is 50.7 Å². The van der Waals surface area contributed by atoms with Crippen molar-refractivity contribution in [3.05, 3.63) is 71.0 Å². The predicted molar refractivity (Wildman–Crippen MR) is 88.9 cm³/mol. The summed E-state index contributed by atoms with van der Waals surface area (Å²) in [7, 11) is 1.34. The van der Waals surface area contributed by atoms with Crippen molar-refractivity contribution >= 4 is 28.1 Å². The van der Waals surface area contributed by atoms with Gasteiger partial charge in [-0.15, -0.1) is 0 Å². The minimum atomic E-state index is -0.419. The summed E-state index contributed by atoms with van der Waals surface area (Å²) in [5, 5.41) is 3.17. The molecule has 0 heterocycles. The fraction of sp³-hybridized carbons (Fsp3) is 0.125. The van der Waals surface area contributed by atoms with E-state index in [9.17, 15) is 4.79 Å². The molecule has 0 bridgehead atoms. The molecule has 0 amide bonds. The highest BCUT2D eigenvalue weighted by Crippen LogP contribution is 2.11. The Balaban J connectivity index is 2.75. The molecule has 0 saturated carbocycles. The average molecular weight is 349 g/mol. The van der Waals surface area contributed by atoms with Crippen LogP contribution in [0.1, 0.15) is 5.56 Å². The Labute approximate surface area is 133 Å². The Bertz CT molecular complexity index is 577. The molecule has 0 aliphatic rings. The number of aliphatic imine (C=N–C) groups is 1. The smallest absolute Gasteiger partial charge is 0.332 e. The monoisotopic (exact) mass is 348 g/mol. The number of benzene rings is 1. The Kier molecular flexibility index (Phi) is 7.82. The Morgan fingerprint density at radius 1 is 1.52 bits per heavy atom. The fourth-order valence-corrected chi connectivity index (χ4v) is 1.90. The van der Waals surface area contributed by atoms with Gasteiger partial charge in [0.1, 0.15) is 0 Å². The number of allylic oxidation sites excluding steroid dienone is 2. The van der Waals surface area contributed by atoms with Gasteiger partial charge in [0.2, 0.25) is 0 Å². The summed E-state index contributed by atoms with van der Waals surface area (Å²) in [6.07, 6.45) is 7.85. The lowest BCUT2D eigenvalue weighted by Crippen LogP contribution is -2.13. The zero-order chi connectivity index (χ0) is 15.5. The van der Waals surface area contributed by atoms with Gasteiger partial charge in [0.15, 0.2) is 0 Å². The number of nitrogens with one attached hydrogen (secondary N) is 1. The van der Waals surface area contributed by atoms with Crippen LogP contribution >= 0.6 is 15.9 Å². The standard InChI is InChI=1S/C16H17BrN2O2/c1-3-18-9-5-8-15(11-16(20)21-2)19-12-13-6-4-7-14(17)10-13/h3-11,19H,1,12H2,2H3/b8-5-,15-11-,18-9?. The fourth-order valence-electron chi connectivity index (χ4n) is 1.45. The molecule has 0 aromatic heterocycles. The second kappa shape index (κ2) is 9.72. The lowest BCUT2D eigenvalue weighted by molar-refractivity contribution is -0.134. The molecule has 0 aliphatic carbocycles. The van der Waals surface area contributed by atoms with Crippen LogP contribution in [0.3, 0.4) is 0 Å². The first-order valence-electron chi connectivity index (χ1n) is 6.24. The van der Waals surface area contributed by atoms with E-state index in [4.69, 9.17) is 0 Å². The number of hydrogen-bond acceptors (Lipinski definition) is 4. The van der Waals surface area contributed by atoms with E-state index in [1.165, 1.54) is 19.4 Å². The molecule has 5 heteroatoms. The second-order valence-corrected chi connectivity index (χ2v) is 4.86. The summed E-state index contributed by atoms with van der Waals surface area (Å²) in [5.41, 5.74) is 1.73. The normalized spacial score (nSPS) is 11.8. The van der Waals surface area contributed by atoms with Gasteiger partial charge < -0.3 is 10.1 Å². The van der Waals surface area contributed by atoms with Gasteiger partial charge in [0.05, 0.1) is 7.11 Å². The number of carbonyl (C=O) groups excluding carboxylic acids is 1. The van der Waals surface area contributed by atoms with Gasteiger partial charge >= 0.3 is 5.97 Å². The maximum absolute atomic E-state index is 11.3. The molecule has 0 saturated heterocycles. The van der Waals surface area contributed by atoms with E-state index in [1.54, 1.807) is 18.4 Å². The molecule has 0 fully saturated rings. The number of ether oxygens (including phenoxy) is 1. The summed E-state index contributed by atoms with van der Waals surface area (Å²) >= 11 is 3.42. The van der Waals surface area contributed by atoms with E-state index < -0.39 is 5.97 Å². The predicted octanol–water partition coefficient (Wildman–Crippen LogP) is 3.37. The van der Waals surface area contributed by atoms with Crippen molar-refractivity contribution in [2.75, 3.05) is 7.11 Å². The van der Waals surface area contributed by atoms with Crippen LogP contribution in [-0.4, -0.2) is 19.3 Å². The number of methoxy groups -OCH3 is 1. The summed E-state index contributed by atoms with van der Waals surface area (Å²) in [5.74, 6) is -0.419. The second-order valence-electron chi connectivity index (χ2n) is 3.95. The van der Waals surface area contributed by atoms with Gasteiger partial charge in [-0.3, -0.25) is 4.99 Å². The van der Waals surface area contributed by atoms with Crippen LogP contribution in [0.4, 0.5) is 0 Å². The molecule has 0 radical (unpaired) electrons. The maximum atomic E-state index is 11.3. The highest BCUT2D eigenvalue weighted by Gasteiger charge is 1.99. The molecule has 1 aromatic carbocycles. The van der Waals surface area contributed by atoms with Crippen LogP contribution in [0.15, 0.2) is 70.4 Å². The molecule has 21 heavy (non-hydrogen) atoms. The van der Waals surface area contributed by atoms with E-state index in [2.05, 4.69) is 37.6 Å². The number of rotatable bonds is 7. The van der Waals surface area contributed by atoms with Crippen molar-refractivity contribution in [2.24, 2.45) is 4.99 Å². The molecule has 0 unspecified atom stereocenters. The Morgan fingerprint density at radius 2 is 2.33 bits per heavy atom. The van der Waals surface area contributed by atoms with Gasteiger partial charge in [0.25, 0.3) is 0 Å². The molecule has 1 rings (SSSR count). The largest absolute Gasteiger partial charge is 0.466 e. The maximum Gasteiger partial charge on any atom is 0.332 e. The van der Waals surface area contributed by atoms with Crippen LogP contribution in [-0.2, 0) is 16.1 Å². The summed E-state index contributed by atoms with van der Waals surface area (Å²) < 4.78 is 5.64. The van der Waals surface area contributed by atoms with Gasteiger partial charge in [0, 0.05) is 35.2 Å². The zero-order valence-corrected chi connectivity index (χ0v) is 13.3. The number of esters is 1. The quantitative estimate of drug-likeness (QED) is 0.355. The highest BCUT2D eigenvalue weighted by molar-refractivity contribution is 9.10. The van der Waals surface area contributed by atoms with Crippen molar-refractivity contribution in [3.63, 3.8) is 0 Å². The van der Waals surface area contributed by atoms with Crippen LogP contribution < -0.4 is 5.32 Å². The molecule has 0 aliphatic heterocycles. The van der Waals surface area contributed by atoms with E-state index in [1.807, 2.05) is 24.3 Å². The number of carbonyl (C=O) groups is 1. The minimum Gasteiger partial charge on any atom is -0.466 e. The third-order valence-electron chi connectivity index (χ3n) is 2.41. The molecular formula is C16H17BrN2O2. The van der Waals surface area contributed by atoms with Crippen LogP contribution in [0, 0.1) is 0 Å². The van der Waals surface area contributed by atoms with E-state index >= 15 is 0 Å². The summed E-state index contributed by atoms with van der Waals surface area (Å²) in [6, 6.07) is 7.92. The zero-order valence-electron chi connectivity index (χ0n) is 11.8. The molecule has 1 aromatic rings. The van der Waals surface area contributed by atoms with Crippen LogP contribution in [0.5, 0.6) is 0 Å². The first-order valence-corrected chi connectivity index (χ1v) is 7.03. The van der Waals surface area contributed by atoms with Crippen LogP contribution in [0.2, 0.25) is 0 Å². The van der Waals surface area contributed by atoms with Crippen molar-refractivity contribution in [3.8, 4) is 0 Å². The molecule has 0 spiro atoms. The van der Waals surface area contributed by atoms with Crippen LogP contribution in [0.25, 0.3) is 0 Å². The van der Waals surface area contributed by atoms with E-state index in [0.717, 1.165) is 10.0 Å². The number of hydrogen-bond donors (Lipinski definition) is 1. The number of nitrogens with zero attached hydrogens (tertiary/aromatic N) is 1. The van der Waals surface area contributed by atoms with Gasteiger partial charge in [-0.05, 0) is 29.8 Å². The first kappa shape index (κ1) is 16.9. The van der Waals surface area contributed by atoms with Gasteiger partial charge in [-0.1, -0.05) is 34.6 Å². The summed E-state index contributed by atoms with van der Waals surface area (Å²) in [6.45, 7) is 4.07. The third-order valence-corrected chi connectivity index (χ3v) is 2.91. The van der Waals surface area contributed by atoms with Crippen molar-refractivity contribution in [2.45, 2.75) is 6.54 Å². The molecular weight excluding hydrogens is 332 g/mol. The van der Waals surface area contributed by atoms with Gasteiger partial charge in [-0.2, -0.15) is 0 Å². The van der Waals surface area contributed by atoms with Gasteiger partial charge in [-0.25, -0.2) is 4.79 Å². The Hall–Kier alpha value is -2.14. The minimum absolute atomic E-state index is 0.419.